The van der Waals surface area contributed by atoms with Crippen LogP contribution in [0.2, 0.25) is 5.15 Å². The van der Waals surface area contributed by atoms with Crippen LogP contribution in [0.5, 0.6) is 0 Å². The number of alkyl halides is 2. The average molecular weight is 668 g/mol. The number of aromatic nitrogens is 1. The minimum absolute atomic E-state index is 0.0226. The quantitative estimate of drug-likeness (QED) is 0.327. The van der Waals surface area contributed by atoms with E-state index in [1.54, 1.807) is 21.9 Å². The maximum atomic E-state index is 15.8. The number of rotatable bonds is 10. The van der Waals surface area contributed by atoms with Crippen molar-refractivity contribution in [2.45, 2.75) is 55.4 Å². The summed E-state index contributed by atoms with van der Waals surface area (Å²) in [5.74, 6) is -4.41. The highest BCUT2D eigenvalue weighted by atomic mass is 35.5. The maximum absolute atomic E-state index is 15.8. The highest BCUT2D eigenvalue weighted by Gasteiger charge is 2.44. The molecule has 15 heteroatoms. The van der Waals surface area contributed by atoms with Crippen molar-refractivity contribution >= 4 is 44.9 Å². The highest BCUT2D eigenvalue weighted by Crippen LogP contribution is 2.46. The average Bonchev–Trinajstić information content (AvgIpc) is 3.48. The lowest BCUT2D eigenvalue weighted by Gasteiger charge is -2.36. The van der Waals surface area contributed by atoms with Crippen LogP contribution in [0.1, 0.15) is 44.1 Å². The molecule has 0 bridgehead atoms. The highest BCUT2D eigenvalue weighted by molar-refractivity contribution is 7.89. The van der Waals surface area contributed by atoms with Crippen molar-refractivity contribution in [3.05, 3.63) is 47.1 Å². The molecule has 11 nitrogen and oxygen atoms in total. The van der Waals surface area contributed by atoms with Crippen LogP contribution in [-0.4, -0.2) is 81.4 Å². The molecule has 1 atom stereocenters. The molecule has 1 saturated carbocycles. The number of carbonyl (C=O) groups is 2. The molecule has 1 aliphatic carbocycles. The van der Waals surface area contributed by atoms with E-state index in [1.807, 2.05) is 0 Å². The Hall–Kier alpha value is -2.91. The zero-order valence-corrected chi connectivity index (χ0v) is 26.6. The smallest absolute Gasteiger partial charge is 0.276 e. The number of carbonyl (C=O) groups excluding carboxylic acids is 2. The van der Waals surface area contributed by atoms with Crippen molar-refractivity contribution in [3.8, 4) is 0 Å². The van der Waals surface area contributed by atoms with Gasteiger partial charge in [-0.1, -0.05) is 11.6 Å². The molecule has 5 rings (SSSR count). The summed E-state index contributed by atoms with van der Waals surface area (Å²) in [5, 5.41) is 2.69. The molecule has 45 heavy (non-hydrogen) atoms. The molecule has 5 N–H and O–H groups in total. The van der Waals surface area contributed by atoms with E-state index in [1.165, 1.54) is 28.6 Å². The number of benzene rings is 1. The normalized spacial score (nSPS) is 22.5. The van der Waals surface area contributed by atoms with E-state index in [4.69, 9.17) is 23.1 Å². The molecular weight excluding hydrogens is 628 g/mol. The molecular formula is C30H40ClF2N7O4S. The number of nitrogens with zero attached hydrogens (tertiary/aromatic N) is 4. The van der Waals surface area contributed by atoms with E-state index in [2.05, 4.69) is 10.3 Å². The van der Waals surface area contributed by atoms with Gasteiger partial charge in [-0.2, -0.15) is 4.31 Å². The summed E-state index contributed by atoms with van der Waals surface area (Å²) >= 11 is 6.23. The lowest BCUT2D eigenvalue weighted by atomic mass is 9.77. The van der Waals surface area contributed by atoms with Gasteiger partial charge in [0.15, 0.2) is 0 Å². The van der Waals surface area contributed by atoms with Crippen molar-refractivity contribution in [1.29, 1.82) is 0 Å². The van der Waals surface area contributed by atoms with Gasteiger partial charge in [-0.15, -0.1) is 0 Å². The molecule has 1 aromatic carbocycles. The minimum atomic E-state index is -3.80. The number of nitrogens with one attached hydrogen (secondary N) is 1. The molecule has 2 amide bonds. The molecule has 2 aromatic rings. The van der Waals surface area contributed by atoms with E-state index in [9.17, 15) is 18.0 Å². The second kappa shape index (κ2) is 13.8. The molecule has 2 aliphatic heterocycles. The Morgan fingerprint density at radius 3 is 2.33 bits per heavy atom. The topological polar surface area (TPSA) is 155 Å². The van der Waals surface area contributed by atoms with Gasteiger partial charge in [0.1, 0.15) is 11.0 Å². The van der Waals surface area contributed by atoms with Crippen molar-refractivity contribution < 1.29 is 26.8 Å². The molecule has 2 saturated heterocycles. The van der Waals surface area contributed by atoms with Crippen molar-refractivity contribution in [2.75, 3.05) is 55.6 Å². The molecule has 3 heterocycles. The van der Waals surface area contributed by atoms with Gasteiger partial charge in [-0.25, -0.2) is 22.2 Å². The van der Waals surface area contributed by atoms with Gasteiger partial charge in [-0.3, -0.25) is 9.59 Å². The second-order valence-corrected chi connectivity index (χ2v) is 14.3. The van der Waals surface area contributed by atoms with Gasteiger partial charge < -0.3 is 26.6 Å². The number of pyridine rings is 1. The molecule has 3 fully saturated rings. The first kappa shape index (κ1) is 33.5. The van der Waals surface area contributed by atoms with E-state index >= 15 is 8.78 Å². The Labute approximate surface area is 267 Å². The van der Waals surface area contributed by atoms with Crippen LogP contribution >= 0.6 is 11.6 Å². The second-order valence-electron chi connectivity index (χ2n) is 12.0. The Morgan fingerprint density at radius 1 is 1.07 bits per heavy atom. The van der Waals surface area contributed by atoms with Crippen molar-refractivity contribution in [1.82, 2.24) is 14.6 Å². The molecule has 3 aliphatic rings. The number of piperazine rings is 1. The standard InChI is InChI=1S/C30H40ClF2N7O4S/c31-26-16-22(30(32,33)21-5-3-20(4-6-21)29(42)36-19-23(35)18-34)17-27(37-26)38-12-14-39(15-13-38)45(43,44)25-9-7-24(8-10-25)40-11-1-2-28(40)41/h7-10,16-17,20-21,23H,1-6,11-15,18-19,34-35H2,(H,36,42). The van der Waals surface area contributed by atoms with Gasteiger partial charge >= 0.3 is 0 Å². The summed E-state index contributed by atoms with van der Waals surface area (Å²) < 4.78 is 59.7. The van der Waals surface area contributed by atoms with Gasteiger partial charge in [-0.05, 0) is 68.5 Å². The number of nitrogens with two attached hydrogens (primary N) is 2. The number of amides is 2. The van der Waals surface area contributed by atoms with Crippen molar-refractivity contribution in [3.63, 3.8) is 0 Å². The number of hydrogen-bond donors (Lipinski definition) is 3. The molecule has 0 spiro atoms. The van der Waals surface area contributed by atoms with Crippen LogP contribution in [0.25, 0.3) is 0 Å². The Bertz CT molecular complexity index is 1480. The first-order valence-corrected chi connectivity index (χ1v) is 17.2. The summed E-state index contributed by atoms with van der Waals surface area (Å²) in [4.78, 5) is 32.3. The zero-order chi connectivity index (χ0) is 32.4. The van der Waals surface area contributed by atoms with Crippen LogP contribution < -0.4 is 26.6 Å². The Morgan fingerprint density at radius 2 is 1.73 bits per heavy atom. The maximum Gasteiger partial charge on any atom is 0.276 e. The van der Waals surface area contributed by atoms with Crippen LogP contribution in [0.4, 0.5) is 20.3 Å². The summed E-state index contributed by atoms with van der Waals surface area (Å²) in [6, 6.07) is 8.46. The minimum Gasteiger partial charge on any atom is -0.354 e. The number of anilines is 2. The zero-order valence-electron chi connectivity index (χ0n) is 25.0. The van der Waals surface area contributed by atoms with E-state index in [0.717, 1.165) is 6.42 Å². The first-order valence-electron chi connectivity index (χ1n) is 15.3. The third-order valence-electron chi connectivity index (χ3n) is 9.04. The SMILES string of the molecule is NCC(N)CNC(=O)C1CCC(C(F)(F)c2cc(Cl)nc(N3CCN(S(=O)(=O)c4ccc(N5CCCC5=O)cc4)CC3)c2)CC1. The van der Waals surface area contributed by atoms with Crippen LogP contribution in [0, 0.1) is 11.8 Å². The molecule has 1 aromatic heterocycles. The molecule has 0 radical (unpaired) electrons. The number of hydrogen-bond acceptors (Lipinski definition) is 8. The summed E-state index contributed by atoms with van der Waals surface area (Å²) in [6.07, 6.45) is 2.29. The Balaban J connectivity index is 1.20. The van der Waals surface area contributed by atoms with Gasteiger partial charge in [0.05, 0.1) is 4.90 Å². The third-order valence-corrected chi connectivity index (χ3v) is 11.1. The van der Waals surface area contributed by atoms with E-state index in [-0.39, 0.29) is 97.3 Å². The van der Waals surface area contributed by atoms with Crippen LogP contribution in [0.15, 0.2) is 41.3 Å². The monoisotopic (exact) mass is 667 g/mol. The molecule has 246 valence electrons. The number of halogens is 3. The fourth-order valence-electron chi connectivity index (χ4n) is 6.28. The first-order chi connectivity index (χ1) is 21.4. The van der Waals surface area contributed by atoms with Crippen LogP contribution in [-0.2, 0) is 25.5 Å². The summed E-state index contributed by atoms with van der Waals surface area (Å²) in [5.41, 5.74) is 11.7. The fourth-order valence-corrected chi connectivity index (χ4v) is 7.90. The Kier molecular flexibility index (Phi) is 10.3. The van der Waals surface area contributed by atoms with Gasteiger partial charge in [0.2, 0.25) is 21.8 Å². The molecule has 1 unspecified atom stereocenters. The largest absolute Gasteiger partial charge is 0.354 e. The van der Waals surface area contributed by atoms with Crippen molar-refractivity contribution in [2.24, 2.45) is 23.3 Å². The summed E-state index contributed by atoms with van der Waals surface area (Å²) in [7, 11) is -3.80. The van der Waals surface area contributed by atoms with Gasteiger partial charge in [0.25, 0.3) is 5.92 Å². The number of sulfonamides is 1. The predicted molar refractivity (Wildman–Crippen MR) is 168 cm³/mol. The van der Waals surface area contributed by atoms with E-state index in [0.29, 0.717) is 31.5 Å². The fraction of sp³-hybridized carbons (Fsp3) is 0.567. The van der Waals surface area contributed by atoms with E-state index < -0.39 is 21.9 Å². The third kappa shape index (κ3) is 7.40. The summed E-state index contributed by atoms with van der Waals surface area (Å²) in [6.45, 7) is 1.86. The predicted octanol–water partition coefficient (Wildman–Crippen LogP) is 2.67. The van der Waals surface area contributed by atoms with Gasteiger partial charge in [0, 0.05) is 81.4 Å². The van der Waals surface area contributed by atoms with Crippen LogP contribution in [0.3, 0.4) is 0 Å². The lowest BCUT2D eigenvalue weighted by Crippen LogP contribution is -2.49. The lowest BCUT2D eigenvalue weighted by molar-refractivity contribution is -0.129.